The Morgan fingerprint density at radius 2 is 2.29 bits per heavy atom. The average molecular weight is 117 g/mol. The normalized spacial score (nSPS) is 26.3. The quantitative estimate of drug-likeness (QED) is 0.446. The molecule has 0 bridgehead atoms. The molecule has 0 N–H and O–H groups in total. The maximum Gasteiger partial charge on any atom is 0.211 e. The minimum absolute atomic E-state index is 0.0324. The van der Waals surface area contributed by atoms with Crippen molar-refractivity contribution in [1.29, 1.82) is 0 Å². The molecule has 39 valence electrons. The summed E-state index contributed by atoms with van der Waals surface area (Å²) in [6.45, 7) is 0. The van der Waals surface area contributed by atoms with E-state index >= 15 is 0 Å². The number of hydrogen-bond acceptors (Lipinski definition) is 2. The third-order valence-electron chi connectivity index (χ3n) is 1.03. The Morgan fingerprint density at radius 1 is 1.57 bits per heavy atom. The van der Waals surface area contributed by atoms with Gasteiger partial charge in [-0.1, -0.05) is 0 Å². The Morgan fingerprint density at radius 3 is 2.43 bits per heavy atom. The van der Waals surface area contributed by atoms with Gasteiger partial charge in [-0.05, 0) is 6.42 Å². The van der Waals surface area contributed by atoms with E-state index < -0.39 is 7.80 Å². The molecule has 0 amide bonds. The van der Waals surface area contributed by atoms with Crippen LogP contribution in [0.25, 0.3) is 0 Å². The number of carbonyl (C=O) groups is 1. The lowest BCUT2D eigenvalue weighted by molar-refractivity contribution is -0.111. The molecule has 3 heteroatoms. The summed E-state index contributed by atoms with van der Waals surface area (Å²) >= 11 is 0. The molecule has 1 aliphatic rings. The summed E-state index contributed by atoms with van der Waals surface area (Å²) < 4.78 is 10.4. The van der Waals surface area contributed by atoms with Gasteiger partial charge in [-0.25, -0.2) is 0 Å². The van der Waals surface area contributed by atoms with Crippen molar-refractivity contribution in [3.05, 3.63) is 0 Å². The van der Waals surface area contributed by atoms with Crippen LogP contribution in [0.2, 0.25) is 0 Å². The van der Waals surface area contributed by atoms with E-state index in [1.165, 1.54) is 0 Å². The number of hydrogen-bond donors (Lipinski definition) is 0. The fourth-order valence-electron chi connectivity index (χ4n) is 0.623. The minimum Gasteiger partial charge on any atom is -0.287 e. The van der Waals surface area contributed by atoms with E-state index in [4.69, 9.17) is 0 Å². The minimum atomic E-state index is -1.42. The van der Waals surface area contributed by atoms with Crippen LogP contribution in [0.5, 0.6) is 0 Å². The van der Waals surface area contributed by atoms with Crippen LogP contribution in [0, 0.1) is 0 Å². The van der Waals surface area contributed by atoms with Gasteiger partial charge in [0.05, 0.1) is 0 Å². The van der Waals surface area contributed by atoms with Crippen LogP contribution < -0.4 is 0 Å². The first-order valence-corrected chi connectivity index (χ1v) is 3.72. The van der Waals surface area contributed by atoms with Crippen LogP contribution in [-0.2, 0) is 9.36 Å². The molecule has 1 radical (unpaired) electrons. The monoisotopic (exact) mass is 117 g/mol. The van der Waals surface area contributed by atoms with Crippen molar-refractivity contribution in [3.8, 4) is 0 Å². The van der Waals surface area contributed by atoms with Gasteiger partial charge in [-0.3, -0.25) is 9.36 Å². The average Bonchev–Trinajstić information content (AvgIpc) is 1.91. The SMILES string of the molecule is O=C1CCC[P]1=O. The first kappa shape index (κ1) is 4.92. The van der Waals surface area contributed by atoms with Gasteiger partial charge >= 0.3 is 0 Å². The lowest BCUT2D eigenvalue weighted by Gasteiger charge is -1.74. The van der Waals surface area contributed by atoms with Crippen LogP contribution in [-0.4, -0.2) is 11.7 Å². The topological polar surface area (TPSA) is 34.1 Å². The summed E-state index contributed by atoms with van der Waals surface area (Å²) in [6.07, 6.45) is 2.03. The summed E-state index contributed by atoms with van der Waals surface area (Å²) in [5, 5.41) is 0. The summed E-state index contributed by atoms with van der Waals surface area (Å²) in [6, 6.07) is 0. The second kappa shape index (κ2) is 1.71. The van der Waals surface area contributed by atoms with Crippen LogP contribution in [0.15, 0.2) is 0 Å². The standard InChI is InChI=1S/C4H6O2P/c5-4-2-1-3-7(4)6/h1-3H2. The third kappa shape index (κ3) is 0.859. The van der Waals surface area contributed by atoms with Gasteiger partial charge in [0.25, 0.3) is 0 Å². The van der Waals surface area contributed by atoms with E-state index in [1.807, 2.05) is 0 Å². The zero-order valence-electron chi connectivity index (χ0n) is 3.89. The van der Waals surface area contributed by atoms with Crippen molar-refractivity contribution in [1.82, 2.24) is 0 Å². The Kier molecular flexibility index (Phi) is 1.20. The van der Waals surface area contributed by atoms with Gasteiger partial charge in [0.2, 0.25) is 5.52 Å². The van der Waals surface area contributed by atoms with E-state index in [9.17, 15) is 9.36 Å². The molecule has 0 aliphatic carbocycles. The highest BCUT2D eigenvalue weighted by atomic mass is 31.1. The zero-order chi connectivity index (χ0) is 5.28. The molecule has 1 unspecified atom stereocenters. The molecule has 1 atom stereocenters. The van der Waals surface area contributed by atoms with Crippen LogP contribution >= 0.6 is 7.80 Å². The summed E-state index contributed by atoms with van der Waals surface area (Å²) in [5.74, 6) is 0. The molecule has 0 aromatic carbocycles. The first-order valence-electron chi connectivity index (χ1n) is 2.28. The van der Waals surface area contributed by atoms with E-state index in [0.29, 0.717) is 12.6 Å². The van der Waals surface area contributed by atoms with Gasteiger partial charge in [-0.15, -0.1) is 0 Å². The van der Waals surface area contributed by atoms with Crippen LogP contribution in [0.4, 0.5) is 0 Å². The van der Waals surface area contributed by atoms with Crippen molar-refractivity contribution in [2.75, 3.05) is 6.16 Å². The molecule has 1 fully saturated rings. The Balaban J connectivity index is 2.65. The molecule has 0 spiro atoms. The van der Waals surface area contributed by atoms with Crippen molar-refractivity contribution >= 4 is 13.3 Å². The van der Waals surface area contributed by atoms with Crippen LogP contribution in [0.1, 0.15) is 12.8 Å². The Bertz CT molecular complexity index is 105. The smallest absolute Gasteiger partial charge is 0.211 e. The lowest BCUT2D eigenvalue weighted by atomic mass is 10.4. The van der Waals surface area contributed by atoms with Gasteiger partial charge in [0, 0.05) is 12.6 Å². The molecule has 1 saturated heterocycles. The van der Waals surface area contributed by atoms with Crippen molar-refractivity contribution in [2.45, 2.75) is 12.8 Å². The fourth-order valence-corrected chi connectivity index (χ4v) is 1.73. The van der Waals surface area contributed by atoms with Gasteiger partial charge in [0.1, 0.15) is 7.80 Å². The second-order valence-electron chi connectivity index (χ2n) is 1.60. The molecule has 0 aromatic heterocycles. The largest absolute Gasteiger partial charge is 0.287 e. The highest BCUT2D eigenvalue weighted by Gasteiger charge is 2.18. The van der Waals surface area contributed by atoms with E-state index in [0.717, 1.165) is 6.42 Å². The predicted molar refractivity (Wildman–Crippen MR) is 26.7 cm³/mol. The Labute approximate surface area is 42.7 Å². The highest BCUT2D eigenvalue weighted by Crippen LogP contribution is 2.32. The van der Waals surface area contributed by atoms with Gasteiger partial charge in [-0.2, -0.15) is 0 Å². The van der Waals surface area contributed by atoms with E-state index in [1.54, 1.807) is 0 Å². The third-order valence-corrected chi connectivity index (χ3v) is 2.53. The first-order chi connectivity index (χ1) is 3.30. The maximum atomic E-state index is 10.4. The second-order valence-corrected chi connectivity index (χ2v) is 3.30. The maximum absolute atomic E-state index is 10.4. The zero-order valence-corrected chi connectivity index (χ0v) is 4.78. The molecule has 0 aromatic rings. The Hall–Kier alpha value is -0.230. The van der Waals surface area contributed by atoms with Crippen LogP contribution in [0.3, 0.4) is 0 Å². The molecule has 1 aliphatic heterocycles. The molecular formula is C4H6O2P. The van der Waals surface area contributed by atoms with E-state index in [-0.39, 0.29) is 5.52 Å². The summed E-state index contributed by atoms with van der Waals surface area (Å²) in [7, 11) is -1.42. The summed E-state index contributed by atoms with van der Waals surface area (Å²) in [5.41, 5.74) is -0.0324. The number of carbonyl (C=O) groups excluding carboxylic acids is 1. The fraction of sp³-hybridized carbons (Fsp3) is 0.750. The highest BCUT2D eigenvalue weighted by molar-refractivity contribution is 7.64. The number of rotatable bonds is 0. The molecule has 1 heterocycles. The molecule has 0 saturated carbocycles. The molecule has 2 nitrogen and oxygen atoms in total. The van der Waals surface area contributed by atoms with Crippen molar-refractivity contribution in [2.24, 2.45) is 0 Å². The molecular weight excluding hydrogens is 111 g/mol. The summed E-state index contributed by atoms with van der Waals surface area (Å²) in [4.78, 5) is 10.3. The van der Waals surface area contributed by atoms with Crippen molar-refractivity contribution < 1.29 is 9.36 Å². The van der Waals surface area contributed by atoms with Gasteiger partial charge in [0.15, 0.2) is 0 Å². The molecule has 7 heavy (non-hydrogen) atoms. The molecule has 1 rings (SSSR count). The lowest BCUT2D eigenvalue weighted by Crippen LogP contribution is -1.76. The van der Waals surface area contributed by atoms with Crippen molar-refractivity contribution in [3.63, 3.8) is 0 Å². The van der Waals surface area contributed by atoms with E-state index in [2.05, 4.69) is 0 Å². The van der Waals surface area contributed by atoms with Gasteiger partial charge < -0.3 is 0 Å². The predicted octanol–water partition coefficient (Wildman–Crippen LogP) is 1.13.